The topological polar surface area (TPSA) is 521 Å². The first-order valence-electron chi connectivity index (χ1n) is 38.7. The summed E-state index contributed by atoms with van der Waals surface area (Å²) in [5.41, 5.74) is 7.20. The van der Waals surface area contributed by atoms with E-state index in [1.54, 1.807) is 56.7 Å². The summed E-state index contributed by atoms with van der Waals surface area (Å²) in [7, 11) is 4.63. The lowest BCUT2D eigenvalue weighted by molar-refractivity contribution is -0.318. The van der Waals surface area contributed by atoms with Gasteiger partial charge >= 0.3 is 0 Å². The zero-order chi connectivity index (χ0) is 88.6. The van der Waals surface area contributed by atoms with Gasteiger partial charge < -0.3 is 119 Å². The molecule has 0 aliphatic carbocycles. The van der Waals surface area contributed by atoms with Gasteiger partial charge in [-0.05, 0) is 189 Å². The summed E-state index contributed by atoms with van der Waals surface area (Å²) in [5.74, 6) is -2.88. The Morgan fingerprint density at radius 3 is 1.23 bits per heavy atom. The van der Waals surface area contributed by atoms with Crippen molar-refractivity contribution in [1.82, 2.24) is 0 Å². The minimum absolute atomic E-state index is 0.0138. The molecule has 3 heterocycles. The molecule has 0 unspecified atom stereocenters. The van der Waals surface area contributed by atoms with E-state index in [1.807, 2.05) is 37.3 Å². The summed E-state index contributed by atoms with van der Waals surface area (Å²) in [5, 5.41) is 158. The Bertz CT molecular complexity index is 5100. The molecule has 1 aromatic heterocycles. The Kier molecular flexibility index (Phi) is 34.5. The molecule has 0 saturated carbocycles. The summed E-state index contributed by atoms with van der Waals surface area (Å²) in [6, 6.07) is 36.1. The van der Waals surface area contributed by atoms with Crippen LogP contribution in [0.5, 0.6) is 80.5 Å². The van der Waals surface area contributed by atoms with Crippen molar-refractivity contribution in [2.24, 2.45) is 0 Å². The van der Waals surface area contributed by atoms with Gasteiger partial charge in [-0.1, -0.05) is 54.6 Å². The Labute approximate surface area is 695 Å². The monoisotopic (exact) mass is 1680 g/mol. The van der Waals surface area contributed by atoms with Crippen LogP contribution < -0.4 is 24.4 Å². The number of ketones is 6. The Balaban J connectivity index is 0.000000207. The number of rotatable bonds is 33. The van der Waals surface area contributed by atoms with Gasteiger partial charge in [0.15, 0.2) is 69.5 Å². The number of ether oxygens (including phenoxy) is 7. The number of carbonyl (C=O) groups excluding carboxylic acids is 6. The maximum Gasteiger partial charge on any atom is 0.239 e. The number of methoxy groups -OCH3 is 3. The van der Waals surface area contributed by atoms with E-state index in [0.29, 0.717) is 92.6 Å². The molecule has 11 rings (SSSR count). The van der Waals surface area contributed by atoms with Crippen LogP contribution in [0.25, 0.3) is 22.3 Å². The maximum atomic E-state index is 13.6. The third-order valence-corrected chi connectivity index (χ3v) is 20.2. The van der Waals surface area contributed by atoms with Gasteiger partial charge in [-0.25, -0.2) is 0 Å². The van der Waals surface area contributed by atoms with Gasteiger partial charge in [0.25, 0.3) is 0 Å². The number of aliphatic hydroxyl groups is 6. The zero-order valence-corrected chi connectivity index (χ0v) is 67.6. The molecule has 648 valence electrons. The molecular formula is C90H102O31. The quantitative estimate of drug-likeness (QED) is 0.0135. The van der Waals surface area contributed by atoms with Crippen LogP contribution in [-0.4, -0.2) is 206 Å². The molecule has 16 N–H and O–H groups in total. The highest BCUT2D eigenvalue weighted by molar-refractivity contribution is 6.00. The van der Waals surface area contributed by atoms with Crippen LogP contribution in [0.4, 0.5) is 0 Å². The number of phenols is 10. The van der Waals surface area contributed by atoms with Crippen LogP contribution in [-0.2, 0) is 81.5 Å². The highest BCUT2D eigenvalue weighted by Crippen LogP contribution is 2.41. The molecule has 0 bridgehead atoms. The molecule has 0 spiro atoms. The van der Waals surface area contributed by atoms with Crippen LogP contribution in [0.1, 0.15) is 115 Å². The van der Waals surface area contributed by atoms with Crippen molar-refractivity contribution < 1.29 is 148 Å². The fourth-order valence-corrected chi connectivity index (χ4v) is 12.9. The zero-order valence-electron chi connectivity index (χ0n) is 67.6. The van der Waals surface area contributed by atoms with Gasteiger partial charge in [-0.3, -0.25) is 33.6 Å². The van der Waals surface area contributed by atoms with E-state index < -0.39 is 113 Å². The second kappa shape index (κ2) is 44.2. The highest BCUT2D eigenvalue weighted by atomic mass is 16.7. The standard InChI is InChI=1S/C27H30O16.C22H26O5.C22H26O4.C19H20O6/c1-8-17(32)20(35)22(37)26(40-8)39-7-15-18(33)21(36)23(38)27(42-15)43-25-19(34)16-13(31)5-10(28)6-14(16)41-24(25)9-2-3-11(29)12(30)4-9;1-15-4-5-16(12-20(15)25)6-9-18(23)14-19(24)10-7-17-8-11-21(26-2)22(13-17)27-3;1-15-4-5-17(12-16(15)2)6-9-19(23)14-20(24)10-7-18-8-11-21(25)22(13-18)26-3;20-14(5-1-12-3-7-16(22)18(24)9-12)11-15(21)6-2-13-4-8-17(23)19(25)10-13/h2-6,8,15,17-18,20-23,26-33,35-38H,7H2,1H3;4-5,8,11-13,25H,6-7,9-10,14H2,1-3H3;4-5,8,11-13,25H,6-7,9-10,14H2,1-3H3;3-4,7-10,22-25H,1-2,5-6,11H2/t8-,15+,17-,18+,20+,21-,22+,23+,26+,27-;;;/m0.../s1. The second-order valence-electron chi connectivity index (χ2n) is 29.4. The summed E-state index contributed by atoms with van der Waals surface area (Å²) in [6.07, 6.45) is -11.7. The molecule has 2 saturated heterocycles. The predicted molar refractivity (Wildman–Crippen MR) is 437 cm³/mol. The van der Waals surface area contributed by atoms with Crippen LogP contribution >= 0.6 is 0 Å². The summed E-state index contributed by atoms with van der Waals surface area (Å²) >= 11 is 0. The molecule has 2 aliphatic rings. The number of fused-ring (bicyclic) bond motifs is 1. The van der Waals surface area contributed by atoms with Crippen molar-refractivity contribution in [1.29, 1.82) is 0 Å². The molecule has 121 heavy (non-hydrogen) atoms. The van der Waals surface area contributed by atoms with Gasteiger partial charge in [0.2, 0.25) is 17.5 Å². The van der Waals surface area contributed by atoms with Crippen LogP contribution in [0.2, 0.25) is 0 Å². The third kappa shape index (κ3) is 26.9. The second-order valence-corrected chi connectivity index (χ2v) is 29.4. The van der Waals surface area contributed by atoms with Crippen molar-refractivity contribution >= 4 is 45.7 Å². The molecule has 31 heteroatoms. The van der Waals surface area contributed by atoms with Crippen LogP contribution in [0, 0.1) is 20.8 Å². The fourth-order valence-electron chi connectivity index (χ4n) is 12.9. The Morgan fingerprint density at radius 2 is 0.769 bits per heavy atom. The minimum Gasteiger partial charge on any atom is -0.508 e. The number of hydrogen-bond acceptors (Lipinski definition) is 31. The number of hydrogen-bond donors (Lipinski definition) is 16. The van der Waals surface area contributed by atoms with E-state index in [4.69, 9.17) is 37.6 Å². The summed E-state index contributed by atoms with van der Waals surface area (Å²) in [6.45, 7) is 6.76. The van der Waals surface area contributed by atoms with E-state index in [-0.39, 0.29) is 112 Å². The third-order valence-electron chi connectivity index (χ3n) is 20.2. The lowest BCUT2D eigenvalue weighted by Crippen LogP contribution is -2.61. The first-order chi connectivity index (χ1) is 57.4. The molecule has 8 aromatic carbocycles. The fraction of sp³-hybridized carbons (Fsp3) is 0.367. The molecular weight excluding hydrogens is 1580 g/mol. The number of Topliss-reactive ketones (excluding diaryl/α,β-unsaturated/α-hetero) is 6. The highest BCUT2D eigenvalue weighted by Gasteiger charge is 2.48. The van der Waals surface area contributed by atoms with Gasteiger partial charge in [-0.2, -0.15) is 0 Å². The molecule has 2 fully saturated rings. The van der Waals surface area contributed by atoms with Crippen LogP contribution in [0.3, 0.4) is 0 Å². The van der Waals surface area contributed by atoms with E-state index in [2.05, 4.69) is 26.0 Å². The van der Waals surface area contributed by atoms with Gasteiger partial charge in [0, 0.05) is 56.2 Å². The molecule has 0 radical (unpaired) electrons. The van der Waals surface area contributed by atoms with Gasteiger partial charge in [-0.15, -0.1) is 0 Å². The molecule has 9 aromatic rings. The van der Waals surface area contributed by atoms with Gasteiger partial charge in [0.1, 0.15) is 106 Å². The largest absolute Gasteiger partial charge is 0.508 e. The van der Waals surface area contributed by atoms with E-state index in [9.17, 15) is 115 Å². The number of aryl methyl sites for hydroxylation is 9. The lowest BCUT2D eigenvalue weighted by Gasteiger charge is -2.42. The number of phenolic OH excluding ortho intramolecular Hbond substituents is 10. The van der Waals surface area contributed by atoms with Crippen molar-refractivity contribution in [3.63, 3.8) is 0 Å². The smallest absolute Gasteiger partial charge is 0.239 e. The normalized spacial score (nSPS) is 18.5. The lowest BCUT2D eigenvalue weighted by atomic mass is 9.98. The SMILES string of the molecule is COc1cc(CCC(=O)CC(=O)CCc2ccc(C)c(C)c2)ccc1O.COc1ccc(CCC(=O)CC(=O)CCc2ccc(C)c(O)c2)cc1OC.C[C@@H]1O[C@@H](OC[C@H]2O[C@@H](Oc3c(-c4ccc(O)c(O)c4)oc4cc(O)cc(O)c4c3=O)[C@H](O)[C@@H](O)[C@@H]2O)[C@H](O)[C@H](O)[C@H]1O.O=C(CCc1ccc(O)c(O)c1)CC(=O)CCc1ccc(O)c(O)c1. The minimum atomic E-state index is -1.97. The van der Waals surface area contributed by atoms with Crippen molar-refractivity contribution in [2.75, 3.05) is 27.9 Å². The first kappa shape index (κ1) is 94.3. The van der Waals surface area contributed by atoms with Crippen molar-refractivity contribution in [2.45, 2.75) is 185 Å². The number of aromatic hydroxyl groups is 10. The maximum absolute atomic E-state index is 13.6. The van der Waals surface area contributed by atoms with E-state index in [1.165, 1.54) is 55.5 Å². The van der Waals surface area contributed by atoms with E-state index >= 15 is 0 Å². The Hall–Kier alpha value is -12.2. The van der Waals surface area contributed by atoms with Crippen LogP contribution in [0.15, 0.2) is 149 Å². The van der Waals surface area contributed by atoms with Crippen molar-refractivity contribution in [3.8, 4) is 91.8 Å². The predicted octanol–water partition coefficient (Wildman–Crippen LogP) is 8.84. The average Bonchev–Trinajstić information content (AvgIpc) is 0.753. The molecule has 10 atom stereocenters. The summed E-state index contributed by atoms with van der Waals surface area (Å²) < 4.78 is 43.3. The molecule has 31 nitrogen and oxygen atoms in total. The van der Waals surface area contributed by atoms with E-state index in [0.717, 1.165) is 52.1 Å². The number of carbonyl (C=O) groups is 6. The average molecular weight is 1680 g/mol. The molecule has 0 amide bonds. The first-order valence-corrected chi connectivity index (χ1v) is 38.7. The number of aliphatic hydroxyl groups excluding tert-OH is 6. The number of benzene rings is 8. The van der Waals surface area contributed by atoms with Gasteiger partial charge in [0.05, 0.1) is 53.3 Å². The summed E-state index contributed by atoms with van der Waals surface area (Å²) in [4.78, 5) is 85.6. The Morgan fingerprint density at radius 1 is 0.364 bits per heavy atom. The van der Waals surface area contributed by atoms with Crippen molar-refractivity contribution in [3.05, 3.63) is 200 Å². The molecule has 2 aliphatic heterocycles.